The first kappa shape index (κ1) is 22.7. The minimum atomic E-state index is -0.588. The van der Waals surface area contributed by atoms with Gasteiger partial charge in [0.2, 0.25) is 0 Å². The van der Waals surface area contributed by atoms with E-state index in [0.29, 0.717) is 27.0 Å². The maximum absolute atomic E-state index is 12.9. The van der Waals surface area contributed by atoms with Crippen LogP contribution in [0.3, 0.4) is 0 Å². The quantitative estimate of drug-likeness (QED) is 0.278. The van der Waals surface area contributed by atoms with E-state index < -0.39 is 16.7 Å². The van der Waals surface area contributed by atoms with Gasteiger partial charge in [0, 0.05) is 22.3 Å². The summed E-state index contributed by atoms with van der Waals surface area (Å²) >= 11 is 3.33. The number of ether oxygens (including phenoxy) is 1. The number of non-ortho nitro benzene ring substituents is 1. The third-order valence-electron chi connectivity index (χ3n) is 4.37. The van der Waals surface area contributed by atoms with Crippen LogP contribution < -0.4 is 15.4 Å². The standard InChI is InChI=1S/C23H18BrN3O5/c1-32-18-12-6-15(7-13-18)14-21(26-22(28)19-4-2-3-5-20(19)24)23(29)25-16-8-10-17(11-9-16)27(30)31/h2-14H,1H3,(H,25,29)(H,26,28). The molecule has 8 nitrogen and oxygen atoms in total. The highest BCUT2D eigenvalue weighted by atomic mass is 79.9. The molecule has 0 heterocycles. The average Bonchev–Trinajstić information content (AvgIpc) is 2.79. The van der Waals surface area contributed by atoms with Gasteiger partial charge in [-0.1, -0.05) is 24.3 Å². The Kier molecular flexibility index (Phi) is 7.35. The molecule has 0 radical (unpaired) electrons. The number of nitrogens with zero attached hydrogens (tertiary/aromatic N) is 1. The molecule has 3 aromatic rings. The first-order valence-corrected chi connectivity index (χ1v) is 10.1. The fourth-order valence-corrected chi connectivity index (χ4v) is 3.19. The second-order valence-electron chi connectivity index (χ2n) is 6.52. The molecule has 162 valence electrons. The minimum Gasteiger partial charge on any atom is -0.497 e. The van der Waals surface area contributed by atoms with Crippen LogP contribution in [0.15, 0.2) is 83.0 Å². The number of rotatable bonds is 7. The average molecular weight is 496 g/mol. The number of anilines is 1. The molecule has 0 bridgehead atoms. The molecule has 0 fully saturated rings. The van der Waals surface area contributed by atoms with Crippen molar-refractivity contribution in [2.24, 2.45) is 0 Å². The second-order valence-corrected chi connectivity index (χ2v) is 7.38. The van der Waals surface area contributed by atoms with Gasteiger partial charge in [0.1, 0.15) is 11.4 Å². The van der Waals surface area contributed by atoms with E-state index in [1.54, 1.807) is 55.6 Å². The van der Waals surface area contributed by atoms with E-state index in [4.69, 9.17) is 4.74 Å². The number of methoxy groups -OCH3 is 1. The van der Waals surface area contributed by atoms with Gasteiger partial charge in [-0.3, -0.25) is 19.7 Å². The number of hydrogen-bond acceptors (Lipinski definition) is 5. The molecule has 0 aliphatic rings. The normalized spacial score (nSPS) is 10.9. The number of nitro benzene ring substituents is 1. The monoisotopic (exact) mass is 495 g/mol. The lowest BCUT2D eigenvalue weighted by Gasteiger charge is -2.12. The molecule has 9 heteroatoms. The summed E-state index contributed by atoms with van der Waals surface area (Å²) in [5, 5.41) is 16.1. The first-order chi connectivity index (χ1) is 15.4. The van der Waals surface area contributed by atoms with Crippen LogP contribution in [0.1, 0.15) is 15.9 Å². The summed E-state index contributed by atoms with van der Waals surface area (Å²) in [5.74, 6) is -0.414. The summed E-state index contributed by atoms with van der Waals surface area (Å²) in [5.41, 5.74) is 1.26. The van der Waals surface area contributed by atoms with E-state index in [0.717, 1.165) is 0 Å². The Bertz CT molecular complexity index is 1170. The van der Waals surface area contributed by atoms with Gasteiger partial charge < -0.3 is 15.4 Å². The highest BCUT2D eigenvalue weighted by Gasteiger charge is 2.17. The summed E-state index contributed by atoms with van der Waals surface area (Å²) in [7, 11) is 1.55. The highest BCUT2D eigenvalue weighted by molar-refractivity contribution is 9.10. The molecule has 3 aromatic carbocycles. The molecule has 0 aliphatic heterocycles. The van der Waals surface area contributed by atoms with Gasteiger partial charge in [0.25, 0.3) is 17.5 Å². The molecule has 0 saturated carbocycles. The van der Waals surface area contributed by atoms with Crippen molar-refractivity contribution in [1.82, 2.24) is 5.32 Å². The zero-order valence-corrected chi connectivity index (χ0v) is 18.5. The molecule has 0 aliphatic carbocycles. The number of benzene rings is 3. The summed E-state index contributed by atoms with van der Waals surface area (Å²) in [4.78, 5) is 36.0. The van der Waals surface area contributed by atoms with Crippen molar-refractivity contribution >= 4 is 45.2 Å². The fourth-order valence-electron chi connectivity index (χ4n) is 2.73. The van der Waals surface area contributed by atoms with Crippen molar-refractivity contribution in [3.05, 3.63) is 104 Å². The summed E-state index contributed by atoms with van der Waals surface area (Å²) < 4.78 is 5.72. The van der Waals surface area contributed by atoms with Crippen molar-refractivity contribution < 1.29 is 19.2 Å². The molecule has 2 N–H and O–H groups in total. The molecule has 0 atom stereocenters. The lowest BCUT2D eigenvalue weighted by Crippen LogP contribution is -2.31. The van der Waals surface area contributed by atoms with Gasteiger partial charge >= 0.3 is 0 Å². The number of nitro groups is 1. The molecular weight excluding hydrogens is 478 g/mol. The van der Waals surface area contributed by atoms with E-state index >= 15 is 0 Å². The SMILES string of the molecule is COc1ccc(C=C(NC(=O)c2ccccc2Br)C(=O)Nc2ccc([N+](=O)[O-])cc2)cc1. The number of carbonyl (C=O) groups excluding carboxylic acids is 2. The van der Waals surface area contributed by atoms with Crippen LogP contribution in [0.25, 0.3) is 6.08 Å². The molecule has 3 rings (SSSR count). The molecule has 0 unspecified atom stereocenters. The minimum absolute atomic E-state index is 0.00530. The first-order valence-electron chi connectivity index (χ1n) is 9.35. The molecule has 0 spiro atoms. The lowest BCUT2D eigenvalue weighted by molar-refractivity contribution is -0.384. The third-order valence-corrected chi connectivity index (χ3v) is 5.07. The highest BCUT2D eigenvalue weighted by Crippen LogP contribution is 2.19. The molecule has 32 heavy (non-hydrogen) atoms. The van der Waals surface area contributed by atoms with Crippen molar-refractivity contribution in [2.75, 3.05) is 12.4 Å². The smallest absolute Gasteiger partial charge is 0.272 e. The van der Waals surface area contributed by atoms with Crippen molar-refractivity contribution in [1.29, 1.82) is 0 Å². The lowest BCUT2D eigenvalue weighted by atomic mass is 10.1. The Morgan fingerprint density at radius 1 is 1.00 bits per heavy atom. The Morgan fingerprint density at radius 2 is 1.66 bits per heavy atom. The van der Waals surface area contributed by atoms with E-state index in [-0.39, 0.29) is 11.4 Å². The predicted molar refractivity (Wildman–Crippen MR) is 124 cm³/mol. The van der Waals surface area contributed by atoms with Crippen LogP contribution >= 0.6 is 15.9 Å². The number of nitrogens with one attached hydrogen (secondary N) is 2. The van der Waals surface area contributed by atoms with Crippen molar-refractivity contribution in [3.63, 3.8) is 0 Å². The molecule has 0 aromatic heterocycles. The van der Waals surface area contributed by atoms with Crippen LogP contribution in [-0.4, -0.2) is 23.8 Å². The summed E-state index contributed by atoms with van der Waals surface area (Å²) in [6, 6.07) is 19.2. The van der Waals surface area contributed by atoms with Crippen LogP contribution in [0.2, 0.25) is 0 Å². The third kappa shape index (κ3) is 5.79. The van der Waals surface area contributed by atoms with Gasteiger partial charge in [0.05, 0.1) is 17.6 Å². The van der Waals surface area contributed by atoms with Gasteiger partial charge in [-0.05, 0) is 64.0 Å². The van der Waals surface area contributed by atoms with Crippen LogP contribution in [0.4, 0.5) is 11.4 Å². The molecule has 0 saturated heterocycles. The zero-order valence-electron chi connectivity index (χ0n) is 16.9. The van der Waals surface area contributed by atoms with Gasteiger partial charge in [-0.25, -0.2) is 0 Å². The molecular formula is C23H18BrN3O5. The number of carbonyl (C=O) groups is 2. The Hall–Kier alpha value is -3.98. The van der Waals surface area contributed by atoms with Crippen LogP contribution in [-0.2, 0) is 4.79 Å². The van der Waals surface area contributed by atoms with Crippen molar-refractivity contribution in [3.8, 4) is 5.75 Å². The van der Waals surface area contributed by atoms with E-state index in [2.05, 4.69) is 26.6 Å². The Labute approximate surface area is 192 Å². The summed E-state index contributed by atoms with van der Waals surface area (Å²) in [6.07, 6.45) is 1.52. The van der Waals surface area contributed by atoms with Gasteiger partial charge in [-0.15, -0.1) is 0 Å². The topological polar surface area (TPSA) is 111 Å². The van der Waals surface area contributed by atoms with Crippen LogP contribution in [0.5, 0.6) is 5.75 Å². The second kappa shape index (κ2) is 10.4. The van der Waals surface area contributed by atoms with E-state index in [1.807, 2.05) is 0 Å². The number of amides is 2. The van der Waals surface area contributed by atoms with E-state index in [1.165, 1.54) is 30.3 Å². The Morgan fingerprint density at radius 3 is 2.25 bits per heavy atom. The Balaban J connectivity index is 1.88. The van der Waals surface area contributed by atoms with Crippen LogP contribution in [0, 0.1) is 10.1 Å². The van der Waals surface area contributed by atoms with E-state index in [9.17, 15) is 19.7 Å². The van der Waals surface area contributed by atoms with Gasteiger partial charge in [-0.2, -0.15) is 0 Å². The van der Waals surface area contributed by atoms with Gasteiger partial charge in [0.15, 0.2) is 0 Å². The van der Waals surface area contributed by atoms with Crippen molar-refractivity contribution in [2.45, 2.75) is 0 Å². The largest absolute Gasteiger partial charge is 0.497 e. The molecule has 2 amide bonds. The fraction of sp³-hybridized carbons (Fsp3) is 0.0435. The summed E-state index contributed by atoms with van der Waals surface area (Å²) in [6.45, 7) is 0. The maximum Gasteiger partial charge on any atom is 0.272 e. The number of hydrogen-bond donors (Lipinski definition) is 2. The predicted octanol–water partition coefficient (Wildman–Crippen LogP) is 4.78. The number of halogens is 1. The zero-order chi connectivity index (χ0) is 23.1. The maximum atomic E-state index is 12.9.